The van der Waals surface area contributed by atoms with Crippen LogP contribution in [0.4, 0.5) is 4.39 Å². The number of hydrogen-bond acceptors (Lipinski definition) is 1. The molecule has 0 aliphatic carbocycles. The van der Waals surface area contributed by atoms with E-state index in [2.05, 4.69) is 11.9 Å². The summed E-state index contributed by atoms with van der Waals surface area (Å²) in [7, 11) is 1.90. The molecule has 0 spiro atoms. The number of rotatable bonds is 5. The lowest BCUT2D eigenvalue weighted by Crippen LogP contribution is -2.26. The van der Waals surface area contributed by atoms with Gasteiger partial charge in [0.05, 0.1) is 5.02 Å². The van der Waals surface area contributed by atoms with Crippen LogP contribution < -0.4 is 5.32 Å². The van der Waals surface area contributed by atoms with Gasteiger partial charge < -0.3 is 5.32 Å². The number of halogens is 2. The molecule has 1 aromatic carbocycles. The van der Waals surface area contributed by atoms with Gasteiger partial charge in [-0.3, -0.25) is 0 Å². The van der Waals surface area contributed by atoms with Gasteiger partial charge in [0.15, 0.2) is 0 Å². The highest BCUT2D eigenvalue weighted by Crippen LogP contribution is 2.17. The second-order valence-corrected chi connectivity index (χ2v) is 3.87. The first-order chi connectivity index (χ1) is 7.17. The summed E-state index contributed by atoms with van der Waals surface area (Å²) in [4.78, 5) is 0. The minimum atomic E-state index is -0.370. The Balaban J connectivity index is 2.70. The van der Waals surface area contributed by atoms with Crippen molar-refractivity contribution in [3.05, 3.63) is 47.3 Å². The molecule has 0 fully saturated rings. The fourth-order valence-electron chi connectivity index (χ4n) is 1.46. The van der Waals surface area contributed by atoms with Crippen LogP contribution in [0.2, 0.25) is 5.02 Å². The van der Waals surface area contributed by atoms with Crippen molar-refractivity contribution >= 4 is 11.6 Å². The van der Waals surface area contributed by atoms with E-state index in [0.29, 0.717) is 6.04 Å². The lowest BCUT2D eigenvalue weighted by atomic mass is 10.0. The Morgan fingerprint density at radius 2 is 2.33 bits per heavy atom. The molecule has 0 radical (unpaired) electrons. The Hall–Kier alpha value is -0.860. The third-order valence-corrected chi connectivity index (χ3v) is 2.62. The zero-order valence-electron chi connectivity index (χ0n) is 8.76. The zero-order chi connectivity index (χ0) is 11.3. The first-order valence-corrected chi connectivity index (χ1v) is 5.27. The average molecular weight is 228 g/mol. The van der Waals surface area contributed by atoms with Gasteiger partial charge in [0.2, 0.25) is 0 Å². The van der Waals surface area contributed by atoms with Crippen molar-refractivity contribution in [3.8, 4) is 0 Å². The average Bonchev–Trinajstić information content (AvgIpc) is 2.23. The van der Waals surface area contributed by atoms with Crippen molar-refractivity contribution in [3.63, 3.8) is 0 Å². The number of nitrogens with one attached hydrogen (secondary N) is 1. The third-order valence-electron chi connectivity index (χ3n) is 2.33. The maximum Gasteiger partial charge on any atom is 0.141 e. The van der Waals surface area contributed by atoms with Gasteiger partial charge in [-0.05, 0) is 37.6 Å². The maximum absolute atomic E-state index is 12.9. The van der Waals surface area contributed by atoms with Gasteiger partial charge in [0.25, 0.3) is 0 Å². The molecule has 0 saturated heterocycles. The van der Waals surface area contributed by atoms with Crippen molar-refractivity contribution < 1.29 is 4.39 Å². The largest absolute Gasteiger partial charge is 0.316 e. The Kier molecular flexibility index (Phi) is 4.79. The third kappa shape index (κ3) is 3.65. The van der Waals surface area contributed by atoms with Crippen molar-refractivity contribution in [1.82, 2.24) is 5.32 Å². The summed E-state index contributed by atoms with van der Waals surface area (Å²) in [6, 6.07) is 5.15. The van der Waals surface area contributed by atoms with E-state index in [1.165, 1.54) is 6.07 Å². The van der Waals surface area contributed by atoms with E-state index in [-0.39, 0.29) is 10.8 Å². The van der Waals surface area contributed by atoms with Crippen LogP contribution in [0.5, 0.6) is 0 Å². The van der Waals surface area contributed by atoms with Crippen LogP contribution in [0.3, 0.4) is 0 Å². The van der Waals surface area contributed by atoms with E-state index in [9.17, 15) is 4.39 Å². The molecule has 0 aliphatic heterocycles. The second-order valence-electron chi connectivity index (χ2n) is 3.46. The molecule has 0 heterocycles. The van der Waals surface area contributed by atoms with E-state index >= 15 is 0 Å². The van der Waals surface area contributed by atoms with Crippen LogP contribution >= 0.6 is 11.6 Å². The molecule has 0 aromatic heterocycles. The minimum absolute atomic E-state index is 0.181. The highest BCUT2D eigenvalue weighted by molar-refractivity contribution is 6.30. The molecular formula is C12H15ClFN. The molecule has 0 bridgehead atoms. The van der Waals surface area contributed by atoms with Gasteiger partial charge in [-0.2, -0.15) is 0 Å². The maximum atomic E-state index is 12.9. The van der Waals surface area contributed by atoms with Crippen LogP contribution in [0.25, 0.3) is 0 Å². The van der Waals surface area contributed by atoms with Gasteiger partial charge in [-0.1, -0.05) is 23.7 Å². The minimum Gasteiger partial charge on any atom is -0.316 e. The molecule has 1 unspecified atom stereocenters. The molecular weight excluding hydrogens is 213 g/mol. The summed E-state index contributed by atoms with van der Waals surface area (Å²) < 4.78 is 12.9. The van der Waals surface area contributed by atoms with Crippen molar-refractivity contribution in [2.75, 3.05) is 7.05 Å². The Bertz CT molecular complexity index is 338. The smallest absolute Gasteiger partial charge is 0.141 e. The molecule has 1 nitrogen and oxygen atoms in total. The summed E-state index contributed by atoms with van der Waals surface area (Å²) in [5, 5.41) is 3.36. The van der Waals surface area contributed by atoms with E-state index in [4.69, 9.17) is 11.6 Å². The molecule has 82 valence electrons. The van der Waals surface area contributed by atoms with E-state index in [1.54, 1.807) is 12.1 Å². The van der Waals surface area contributed by atoms with Gasteiger partial charge >= 0.3 is 0 Å². The standard InChI is InChI=1S/C12H15ClFN/c1-3-4-10(15-2)7-9-5-6-12(14)11(13)8-9/h3,5-6,8,10,15H,1,4,7H2,2H3. The molecule has 0 saturated carbocycles. The van der Waals surface area contributed by atoms with Gasteiger partial charge in [0, 0.05) is 6.04 Å². The van der Waals surface area contributed by atoms with E-state index < -0.39 is 0 Å². The van der Waals surface area contributed by atoms with Crippen LogP contribution in [0.15, 0.2) is 30.9 Å². The molecule has 0 aliphatic rings. The van der Waals surface area contributed by atoms with Crippen LogP contribution in [0.1, 0.15) is 12.0 Å². The topological polar surface area (TPSA) is 12.0 Å². The lowest BCUT2D eigenvalue weighted by molar-refractivity contribution is 0.565. The SMILES string of the molecule is C=CCC(Cc1ccc(F)c(Cl)c1)NC. The predicted molar refractivity (Wildman–Crippen MR) is 62.8 cm³/mol. The molecule has 0 amide bonds. The monoisotopic (exact) mass is 227 g/mol. The first kappa shape index (κ1) is 12.2. The molecule has 1 aromatic rings. The van der Waals surface area contributed by atoms with Crippen LogP contribution in [0, 0.1) is 5.82 Å². The summed E-state index contributed by atoms with van der Waals surface area (Å²) in [6.07, 6.45) is 3.57. The normalized spacial score (nSPS) is 12.5. The Morgan fingerprint density at radius 1 is 1.60 bits per heavy atom. The Labute approximate surface area is 95.0 Å². The predicted octanol–water partition coefficient (Wildman–Crippen LogP) is 3.19. The fraction of sp³-hybridized carbons (Fsp3) is 0.333. The van der Waals surface area contributed by atoms with Crippen molar-refractivity contribution in [2.24, 2.45) is 0 Å². The van der Waals surface area contributed by atoms with Crippen molar-refractivity contribution in [2.45, 2.75) is 18.9 Å². The summed E-state index contributed by atoms with van der Waals surface area (Å²) >= 11 is 5.70. The summed E-state index contributed by atoms with van der Waals surface area (Å²) in [6.45, 7) is 3.70. The number of likely N-dealkylation sites (N-methyl/N-ethyl adjacent to an activating group) is 1. The van der Waals surface area contributed by atoms with E-state index in [0.717, 1.165) is 18.4 Å². The summed E-state index contributed by atoms with van der Waals surface area (Å²) in [5.41, 5.74) is 1.03. The number of benzene rings is 1. The van der Waals surface area contributed by atoms with Crippen LogP contribution in [-0.4, -0.2) is 13.1 Å². The number of hydrogen-bond donors (Lipinski definition) is 1. The molecule has 1 rings (SSSR count). The van der Waals surface area contributed by atoms with Crippen molar-refractivity contribution in [1.29, 1.82) is 0 Å². The first-order valence-electron chi connectivity index (χ1n) is 4.89. The molecule has 15 heavy (non-hydrogen) atoms. The molecule has 1 atom stereocenters. The fourth-order valence-corrected chi connectivity index (χ4v) is 1.66. The highest BCUT2D eigenvalue weighted by atomic mass is 35.5. The van der Waals surface area contributed by atoms with Gasteiger partial charge in [-0.25, -0.2) is 4.39 Å². The molecule has 1 N–H and O–H groups in total. The second kappa shape index (κ2) is 5.89. The highest BCUT2D eigenvalue weighted by Gasteiger charge is 2.07. The van der Waals surface area contributed by atoms with Gasteiger partial charge in [0.1, 0.15) is 5.82 Å². The summed E-state index contributed by atoms with van der Waals surface area (Å²) in [5.74, 6) is -0.370. The zero-order valence-corrected chi connectivity index (χ0v) is 9.52. The Morgan fingerprint density at radius 3 is 2.87 bits per heavy atom. The van der Waals surface area contributed by atoms with Gasteiger partial charge in [-0.15, -0.1) is 6.58 Å². The molecule has 3 heteroatoms. The van der Waals surface area contributed by atoms with E-state index in [1.807, 2.05) is 13.1 Å². The quantitative estimate of drug-likeness (QED) is 0.762. The van der Waals surface area contributed by atoms with Crippen LogP contribution in [-0.2, 0) is 6.42 Å². The lowest BCUT2D eigenvalue weighted by Gasteiger charge is -2.14.